The number of anilines is 1. The summed E-state index contributed by atoms with van der Waals surface area (Å²) in [4.78, 5) is 3.89. The number of pyridine rings is 1. The summed E-state index contributed by atoms with van der Waals surface area (Å²) in [5.74, 6) is -0.487. The summed E-state index contributed by atoms with van der Waals surface area (Å²) in [6.45, 7) is 0. The van der Waals surface area contributed by atoms with E-state index in [4.69, 9.17) is 0 Å². The van der Waals surface area contributed by atoms with Crippen molar-refractivity contribution in [2.75, 3.05) is 4.72 Å². The van der Waals surface area contributed by atoms with Crippen LogP contribution in [0.3, 0.4) is 0 Å². The minimum atomic E-state index is -3.71. The third-order valence-electron chi connectivity index (χ3n) is 2.10. The van der Waals surface area contributed by atoms with Crippen molar-refractivity contribution in [3.63, 3.8) is 0 Å². The van der Waals surface area contributed by atoms with Crippen LogP contribution in [-0.4, -0.2) is 13.4 Å². The Morgan fingerprint density at radius 2 is 1.78 bits per heavy atom. The lowest BCUT2D eigenvalue weighted by molar-refractivity contribution is 0.599. The molecule has 0 bridgehead atoms. The highest BCUT2D eigenvalue weighted by atomic mass is 79.9. The fraction of sp³-hybridized carbons (Fsp3) is 0. The van der Waals surface area contributed by atoms with Crippen molar-refractivity contribution in [3.05, 3.63) is 53.0 Å². The molecule has 0 aliphatic rings. The number of hydrogen-bond donors (Lipinski definition) is 1. The van der Waals surface area contributed by atoms with Gasteiger partial charge in [0.2, 0.25) is 0 Å². The molecule has 0 aliphatic carbocycles. The van der Waals surface area contributed by atoms with Crippen molar-refractivity contribution in [2.45, 2.75) is 4.90 Å². The van der Waals surface area contributed by atoms with Crippen molar-refractivity contribution in [1.82, 2.24) is 4.98 Å². The molecule has 1 aromatic carbocycles. The first kappa shape index (κ1) is 13.0. The average Bonchev–Trinajstić information content (AvgIpc) is 2.32. The van der Waals surface area contributed by atoms with Crippen LogP contribution in [0.15, 0.2) is 52.1 Å². The van der Waals surface area contributed by atoms with Crippen LogP contribution in [0, 0.1) is 5.82 Å². The van der Waals surface area contributed by atoms with Crippen molar-refractivity contribution >= 4 is 31.6 Å². The molecule has 1 aromatic heterocycles. The molecule has 18 heavy (non-hydrogen) atoms. The molecule has 1 heterocycles. The zero-order chi connectivity index (χ0) is 13.2. The topological polar surface area (TPSA) is 59.1 Å². The standard InChI is InChI=1S/C11H8BrFN2O2S/c12-11-6-3-9(7-14-11)15-18(16,17)10-4-1-8(13)2-5-10/h1-7,15H. The summed E-state index contributed by atoms with van der Waals surface area (Å²) >= 11 is 3.15. The van der Waals surface area contributed by atoms with E-state index in [9.17, 15) is 12.8 Å². The van der Waals surface area contributed by atoms with Crippen LogP contribution >= 0.6 is 15.9 Å². The Bertz CT molecular complexity index is 642. The quantitative estimate of drug-likeness (QED) is 0.880. The van der Waals surface area contributed by atoms with Gasteiger partial charge in [-0.1, -0.05) is 0 Å². The first-order valence-electron chi connectivity index (χ1n) is 4.87. The van der Waals surface area contributed by atoms with Gasteiger partial charge in [0.25, 0.3) is 10.0 Å². The maximum Gasteiger partial charge on any atom is 0.261 e. The molecule has 4 nitrogen and oxygen atoms in total. The Morgan fingerprint density at radius 1 is 1.11 bits per heavy atom. The molecular formula is C11H8BrFN2O2S. The molecule has 0 saturated carbocycles. The van der Waals surface area contributed by atoms with Crippen LogP contribution in [0.2, 0.25) is 0 Å². The van der Waals surface area contributed by atoms with Gasteiger partial charge < -0.3 is 0 Å². The van der Waals surface area contributed by atoms with E-state index in [0.717, 1.165) is 12.1 Å². The van der Waals surface area contributed by atoms with E-state index >= 15 is 0 Å². The monoisotopic (exact) mass is 330 g/mol. The molecule has 2 rings (SSSR count). The number of nitrogens with zero attached hydrogens (tertiary/aromatic N) is 1. The predicted octanol–water partition coefficient (Wildman–Crippen LogP) is 2.78. The second-order valence-corrected chi connectivity index (χ2v) is 5.92. The van der Waals surface area contributed by atoms with Gasteiger partial charge in [0, 0.05) is 0 Å². The lowest BCUT2D eigenvalue weighted by Gasteiger charge is -2.07. The summed E-state index contributed by atoms with van der Waals surface area (Å²) in [6, 6.07) is 7.76. The highest BCUT2D eigenvalue weighted by Crippen LogP contribution is 2.16. The largest absolute Gasteiger partial charge is 0.278 e. The molecule has 0 spiro atoms. The third-order valence-corrected chi connectivity index (χ3v) is 3.97. The lowest BCUT2D eigenvalue weighted by atomic mass is 10.4. The van der Waals surface area contributed by atoms with Crippen LogP contribution in [-0.2, 0) is 10.0 Å². The summed E-state index contributed by atoms with van der Waals surface area (Å²) in [5, 5.41) is 0. The highest BCUT2D eigenvalue weighted by molar-refractivity contribution is 9.10. The Morgan fingerprint density at radius 3 is 2.33 bits per heavy atom. The van der Waals surface area contributed by atoms with E-state index < -0.39 is 15.8 Å². The molecule has 0 atom stereocenters. The molecule has 0 fully saturated rings. The summed E-state index contributed by atoms with van der Waals surface area (Å²) in [7, 11) is -3.71. The number of halogens is 2. The van der Waals surface area contributed by atoms with E-state index in [1.807, 2.05) is 0 Å². The number of hydrogen-bond acceptors (Lipinski definition) is 3. The molecular weight excluding hydrogens is 323 g/mol. The average molecular weight is 331 g/mol. The van der Waals surface area contributed by atoms with Crippen molar-refractivity contribution in [3.8, 4) is 0 Å². The Balaban J connectivity index is 2.27. The van der Waals surface area contributed by atoms with Crippen molar-refractivity contribution < 1.29 is 12.8 Å². The van der Waals surface area contributed by atoms with Gasteiger partial charge >= 0.3 is 0 Å². The molecule has 94 valence electrons. The van der Waals surface area contributed by atoms with Crippen molar-refractivity contribution in [1.29, 1.82) is 0 Å². The molecule has 0 unspecified atom stereocenters. The predicted molar refractivity (Wildman–Crippen MR) is 69.1 cm³/mol. The molecule has 7 heteroatoms. The van der Waals surface area contributed by atoms with Crippen LogP contribution in [0.1, 0.15) is 0 Å². The second-order valence-electron chi connectivity index (χ2n) is 3.43. The van der Waals surface area contributed by atoms with Gasteiger partial charge in [-0.3, -0.25) is 4.72 Å². The Hall–Kier alpha value is -1.47. The zero-order valence-corrected chi connectivity index (χ0v) is 11.4. The van der Waals surface area contributed by atoms with Gasteiger partial charge in [-0.25, -0.2) is 17.8 Å². The van der Waals surface area contributed by atoms with Crippen LogP contribution < -0.4 is 4.72 Å². The zero-order valence-electron chi connectivity index (χ0n) is 8.97. The van der Waals surface area contributed by atoms with Gasteiger partial charge in [0.15, 0.2) is 0 Å². The van der Waals surface area contributed by atoms with E-state index in [0.29, 0.717) is 10.3 Å². The molecule has 0 aliphatic heterocycles. The normalized spacial score (nSPS) is 11.2. The van der Waals surface area contributed by atoms with E-state index in [-0.39, 0.29) is 4.90 Å². The third kappa shape index (κ3) is 3.05. The maximum atomic E-state index is 12.7. The highest BCUT2D eigenvalue weighted by Gasteiger charge is 2.14. The minimum absolute atomic E-state index is 0.00758. The Kier molecular flexibility index (Phi) is 3.63. The van der Waals surface area contributed by atoms with Crippen molar-refractivity contribution in [2.24, 2.45) is 0 Å². The first-order valence-corrected chi connectivity index (χ1v) is 7.15. The molecule has 1 N–H and O–H groups in total. The molecule has 2 aromatic rings. The lowest BCUT2D eigenvalue weighted by Crippen LogP contribution is -2.13. The molecule has 0 saturated heterocycles. The molecule has 0 radical (unpaired) electrons. The van der Waals surface area contributed by atoms with Gasteiger partial charge in [-0.15, -0.1) is 0 Å². The first-order chi connectivity index (χ1) is 8.47. The van der Waals surface area contributed by atoms with Gasteiger partial charge in [-0.05, 0) is 52.3 Å². The number of sulfonamides is 1. The summed E-state index contributed by atoms with van der Waals surface area (Å²) in [6.07, 6.45) is 1.38. The van der Waals surface area contributed by atoms with Gasteiger partial charge in [0.1, 0.15) is 10.4 Å². The fourth-order valence-electron chi connectivity index (χ4n) is 1.26. The molecule has 0 amide bonds. The van der Waals surface area contributed by atoms with E-state index in [1.54, 1.807) is 12.1 Å². The van der Waals surface area contributed by atoms with Crippen LogP contribution in [0.4, 0.5) is 10.1 Å². The van der Waals surface area contributed by atoms with Gasteiger partial charge in [0.05, 0.1) is 16.8 Å². The Labute approximate surface area is 112 Å². The number of benzene rings is 1. The summed E-state index contributed by atoms with van der Waals surface area (Å²) in [5.41, 5.74) is 0.336. The number of aromatic nitrogens is 1. The maximum absolute atomic E-state index is 12.7. The van der Waals surface area contributed by atoms with Crippen LogP contribution in [0.5, 0.6) is 0 Å². The van der Waals surface area contributed by atoms with Crippen LogP contribution in [0.25, 0.3) is 0 Å². The number of nitrogens with one attached hydrogen (secondary N) is 1. The number of rotatable bonds is 3. The fourth-order valence-corrected chi connectivity index (χ4v) is 2.54. The van der Waals surface area contributed by atoms with Gasteiger partial charge in [-0.2, -0.15) is 0 Å². The SMILES string of the molecule is O=S(=O)(Nc1ccc(Br)nc1)c1ccc(F)cc1. The van der Waals surface area contributed by atoms with E-state index in [2.05, 4.69) is 25.6 Å². The smallest absolute Gasteiger partial charge is 0.261 e. The minimum Gasteiger partial charge on any atom is -0.278 e. The van der Waals surface area contributed by atoms with E-state index in [1.165, 1.54) is 18.3 Å². The second kappa shape index (κ2) is 5.03. The summed E-state index contributed by atoms with van der Waals surface area (Å²) < 4.78 is 39.5.